The molecular formula is C11H17N. The van der Waals surface area contributed by atoms with Gasteiger partial charge in [0, 0.05) is 11.7 Å². The van der Waals surface area contributed by atoms with Gasteiger partial charge in [0.25, 0.3) is 0 Å². The zero-order valence-electron chi connectivity index (χ0n) is 8.15. The van der Waals surface area contributed by atoms with Crippen LogP contribution in [0.2, 0.25) is 0 Å². The fourth-order valence-corrected chi connectivity index (χ4v) is 2.28. The van der Waals surface area contributed by atoms with Gasteiger partial charge in [0.1, 0.15) is 0 Å². The number of hydrogen-bond donors (Lipinski definition) is 1. The van der Waals surface area contributed by atoms with Gasteiger partial charge in [0.2, 0.25) is 0 Å². The summed E-state index contributed by atoms with van der Waals surface area (Å²) in [6.07, 6.45) is 5.09. The van der Waals surface area contributed by atoms with E-state index in [1.165, 1.54) is 24.1 Å². The summed E-state index contributed by atoms with van der Waals surface area (Å²) in [4.78, 5) is 0. The van der Waals surface area contributed by atoms with E-state index in [0.29, 0.717) is 6.04 Å². The van der Waals surface area contributed by atoms with Crippen molar-refractivity contribution >= 4 is 0 Å². The van der Waals surface area contributed by atoms with Gasteiger partial charge in [-0.3, -0.25) is 0 Å². The van der Waals surface area contributed by atoms with E-state index in [1.54, 1.807) is 5.57 Å². The lowest BCUT2D eigenvalue weighted by Gasteiger charge is -2.25. The maximum Gasteiger partial charge on any atom is 0.0450 e. The third-order valence-electron chi connectivity index (χ3n) is 2.82. The molecule has 1 heterocycles. The molecule has 0 saturated heterocycles. The van der Waals surface area contributed by atoms with E-state index >= 15 is 0 Å². The Kier molecular flexibility index (Phi) is 1.75. The molecule has 1 saturated carbocycles. The highest BCUT2D eigenvalue weighted by molar-refractivity contribution is 5.37. The van der Waals surface area contributed by atoms with E-state index < -0.39 is 0 Å². The van der Waals surface area contributed by atoms with Crippen LogP contribution in [0.3, 0.4) is 0 Å². The first-order chi connectivity index (χ1) is 5.68. The van der Waals surface area contributed by atoms with Crippen LogP contribution in [0, 0.1) is 5.92 Å². The fourth-order valence-electron chi connectivity index (χ4n) is 2.28. The van der Waals surface area contributed by atoms with Crippen molar-refractivity contribution in [1.82, 2.24) is 5.32 Å². The van der Waals surface area contributed by atoms with E-state index in [1.807, 2.05) is 0 Å². The molecule has 0 bridgehead atoms. The monoisotopic (exact) mass is 163 g/mol. The molecule has 1 aliphatic carbocycles. The molecule has 0 aromatic heterocycles. The van der Waals surface area contributed by atoms with Crippen molar-refractivity contribution in [2.75, 3.05) is 0 Å². The summed E-state index contributed by atoms with van der Waals surface area (Å²) in [5, 5.41) is 3.48. The van der Waals surface area contributed by atoms with Crippen LogP contribution in [0.5, 0.6) is 0 Å². The van der Waals surface area contributed by atoms with E-state index in [0.717, 1.165) is 5.92 Å². The number of nitrogens with one attached hydrogen (secondary N) is 1. The summed E-state index contributed by atoms with van der Waals surface area (Å²) >= 11 is 0. The van der Waals surface area contributed by atoms with Crippen LogP contribution in [0.4, 0.5) is 0 Å². The van der Waals surface area contributed by atoms with Crippen LogP contribution in [-0.4, -0.2) is 6.04 Å². The van der Waals surface area contributed by atoms with Gasteiger partial charge in [-0.05, 0) is 56.8 Å². The van der Waals surface area contributed by atoms with Gasteiger partial charge in [-0.2, -0.15) is 0 Å². The maximum atomic E-state index is 3.48. The standard InChI is InChI=1S/C11H17N/c1-7-6-8(2)12-9(3)11(7)10-4-5-10/h6,9-10,12H,4-5H2,1-3H3. The van der Waals surface area contributed by atoms with Crippen molar-refractivity contribution in [3.63, 3.8) is 0 Å². The predicted octanol–water partition coefficient (Wildman–Crippen LogP) is 2.61. The highest BCUT2D eigenvalue weighted by Crippen LogP contribution is 2.41. The van der Waals surface area contributed by atoms with E-state index in [9.17, 15) is 0 Å². The third kappa shape index (κ3) is 1.28. The van der Waals surface area contributed by atoms with E-state index in [2.05, 4.69) is 32.2 Å². The zero-order valence-corrected chi connectivity index (χ0v) is 8.15. The molecule has 2 aliphatic rings. The molecule has 1 atom stereocenters. The number of allylic oxidation sites excluding steroid dienone is 3. The minimum atomic E-state index is 0.572. The average molecular weight is 163 g/mol. The fraction of sp³-hybridized carbons (Fsp3) is 0.636. The van der Waals surface area contributed by atoms with Crippen molar-refractivity contribution in [1.29, 1.82) is 0 Å². The summed E-state index contributed by atoms with van der Waals surface area (Å²) in [5.74, 6) is 0.900. The quantitative estimate of drug-likeness (QED) is 0.626. The first-order valence-electron chi connectivity index (χ1n) is 4.84. The Balaban J connectivity index is 2.30. The van der Waals surface area contributed by atoms with Gasteiger partial charge in [-0.15, -0.1) is 0 Å². The van der Waals surface area contributed by atoms with Crippen LogP contribution < -0.4 is 5.32 Å². The maximum absolute atomic E-state index is 3.48. The predicted molar refractivity (Wildman–Crippen MR) is 51.8 cm³/mol. The van der Waals surface area contributed by atoms with Gasteiger partial charge >= 0.3 is 0 Å². The molecule has 2 rings (SSSR count). The molecule has 1 aliphatic heterocycles. The number of dihydropyridines is 1. The van der Waals surface area contributed by atoms with Crippen molar-refractivity contribution in [3.8, 4) is 0 Å². The molecule has 66 valence electrons. The highest BCUT2D eigenvalue weighted by atomic mass is 14.9. The Morgan fingerprint density at radius 3 is 2.50 bits per heavy atom. The largest absolute Gasteiger partial charge is 0.382 e. The van der Waals surface area contributed by atoms with Crippen molar-refractivity contribution in [3.05, 3.63) is 22.9 Å². The van der Waals surface area contributed by atoms with Crippen molar-refractivity contribution in [2.45, 2.75) is 39.7 Å². The first-order valence-corrected chi connectivity index (χ1v) is 4.84. The van der Waals surface area contributed by atoms with Gasteiger partial charge < -0.3 is 5.32 Å². The Hall–Kier alpha value is -0.720. The second-order valence-electron chi connectivity index (χ2n) is 4.11. The smallest absolute Gasteiger partial charge is 0.0450 e. The van der Waals surface area contributed by atoms with Crippen LogP contribution in [0.1, 0.15) is 33.6 Å². The molecule has 1 nitrogen and oxygen atoms in total. The van der Waals surface area contributed by atoms with Crippen LogP contribution in [0.15, 0.2) is 22.9 Å². The molecule has 0 amide bonds. The van der Waals surface area contributed by atoms with Crippen LogP contribution >= 0.6 is 0 Å². The first kappa shape index (κ1) is 7.90. The molecule has 0 aromatic carbocycles. The van der Waals surface area contributed by atoms with Crippen molar-refractivity contribution in [2.24, 2.45) is 5.92 Å². The normalized spacial score (nSPS) is 29.9. The van der Waals surface area contributed by atoms with Gasteiger partial charge in [0.15, 0.2) is 0 Å². The molecule has 0 aromatic rings. The lowest BCUT2D eigenvalue weighted by molar-refractivity contribution is 0.636. The zero-order chi connectivity index (χ0) is 8.72. The molecule has 12 heavy (non-hydrogen) atoms. The molecular weight excluding hydrogens is 146 g/mol. The SMILES string of the molecule is CC1=CC(C)=C(C2CC2)C(C)N1. The molecule has 0 radical (unpaired) electrons. The lowest BCUT2D eigenvalue weighted by Crippen LogP contribution is -2.30. The van der Waals surface area contributed by atoms with Gasteiger partial charge in [0.05, 0.1) is 0 Å². The molecule has 1 fully saturated rings. The van der Waals surface area contributed by atoms with E-state index in [-0.39, 0.29) is 0 Å². The third-order valence-corrected chi connectivity index (χ3v) is 2.82. The Bertz CT molecular complexity index is 256. The summed E-state index contributed by atoms with van der Waals surface area (Å²) in [7, 11) is 0. The molecule has 0 spiro atoms. The lowest BCUT2D eigenvalue weighted by atomic mass is 9.94. The van der Waals surface area contributed by atoms with E-state index in [4.69, 9.17) is 0 Å². The minimum Gasteiger partial charge on any atom is -0.382 e. The number of hydrogen-bond acceptors (Lipinski definition) is 1. The van der Waals surface area contributed by atoms with Crippen LogP contribution in [0.25, 0.3) is 0 Å². The summed E-state index contributed by atoms with van der Waals surface area (Å²) < 4.78 is 0. The summed E-state index contributed by atoms with van der Waals surface area (Å²) in [6, 6.07) is 0.572. The summed E-state index contributed by atoms with van der Waals surface area (Å²) in [6.45, 7) is 6.66. The summed E-state index contributed by atoms with van der Waals surface area (Å²) in [5.41, 5.74) is 4.46. The highest BCUT2D eigenvalue weighted by Gasteiger charge is 2.31. The molecule has 1 unspecified atom stereocenters. The molecule has 1 N–H and O–H groups in total. The number of rotatable bonds is 1. The van der Waals surface area contributed by atoms with Crippen LogP contribution in [-0.2, 0) is 0 Å². The Morgan fingerprint density at radius 2 is 2.00 bits per heavy atom. The topological polar surface area (TPSA) is 12.0 Å². The molecule has 1 heteroatoms. The van der Waals surface area contributed by atoms with Gasteiger partial charge in [-0.1, -0.05) is 0 Å². The van der Waals surface area contributed by atoms with Gasteiger partial charge in [-0.25, -0.2) is 0 Å². The van der Waals surface area contributed by atoms with Crippen molar-refractivity contribution < 1.29 is 0 Å². The second-order valence-corrected chi connectivity index (χ2v) is 4.11. The Labute approximate surface area is 74.5 Å². The average Bonchev–Trinajstić information content (AvgIpc) is 2.68. The minimum absolute atomic E-state index is 0.572. The second kappa shape index (κ2) is 2.65. The Morgan fingerprint density at radius 1 is 1.33 bits per heavy atom.